The van der Waals surface area contributed by atoms with E-state index in [0.29, 0.717) is 11.7 Å². The zero-order valence-electron chi connectivity index (χ0n) is 10.4. The van der Waals surface area contributed by atoms with Crippen molar-refractivity contribution in [2.24, 2.45) is 0 Å². The van der Waals surface area contributed by atoms with Crippen LogP contribution in [0.1, 0.15) is 31.9 Å². The van der Waals surface area contributed by atoms with E-state index in [1.165, 1.54) is 18.3 Å². The third-order valence-electron chi connectivity index (χ3n) is 3.02. The van der Waals surface area contributed by atoms with Crippen LogP contribution in [-0.2, 0) is 16.1 Å². The van der Waals surface area contributed by atoms with Gasteiger partial charge in [0.2, 0.25) is 5.91 Å². The normalized spacial score (nSPS) is 20.6. The van der Waals surface area contributed by atoms with Crippen molar-refractivity contribution in [1.29, 1.82) is 0 Å². The summed E-state index contributed by atoms with van der Waals surface area (Å²) in [4.78, 5) is 28.4. The third-order valence-corrected chi connectivity index (χ3v) is 3.83. The number of amides is 1. The summed E-state index contributed by atoms with van der Waals surface area (Å²) in [5.41, 5.74) is 0.914. The molecule has 0 bridgehead atoms. The molecular formula is C12H17N3O2S. The maximum atomic E-state index is 11.0. The van der Waals surface area contributed by atoms with Crippen LogP contribution in [0.4, 0.5) is 5.13 Å². The van der Waals surface area contributed by atoms with E-state index in [9.17, 15) is 9.59 Å². The summed E-state index contributed by atoms with van der Waals surface area (Å²) in [6.45, 7) is 3.09. The highest BCUT2D eigenvalue weighted by atomic mass is 32.1. The summed E-state index contributed by atoms with van der Waals surface area (Å²) in [5, 5.41) is 5.22. The number of likely N-dealkylation sites (tertiary alicyclic amines) is 1. The number of carbonyl (C=O) groups is 2. The molecule has 98 valence electrons. The van der Waals surface area contributed by atoms with Gasteiger partial charge in [0.1, 0.15) is 6.29 Å². The molecule has 1 amide bonds. The van der Waals surface area contributed by atoms with Crippen LogP contribution in [0.5, 0.6) is 0 Å². The Labute approximate surface area is 110 Å². The molecule has 6 heteroatoms. The molecule has 2 rings (SSSR count). The van der Waals surface area contributed by atoms with Gasteiger partial charge in [0.25, 0.3) is 0 Å². The van der Waals surface area contributed by atoms with E-state index in [2.05, 4.69) is 15.2 Å². The van der Waals surface area contributed by atoms with E-state index in [1.54, 1.807) is 0 Å². The standard InChI is InChI=1S/C12H17N3O2S/c1-9(17)13-12-14-10(8-18-12)6-15-5-3-2-4-11(15)7-16/h7-8,11H,2-6H2,1H3,(H,13,14,17). The summed E-state index contributed by atoms with van der Waals surface area (Å²) >= 11 is 1.42. The number of nitrogens with zero attached hydrogens (tertiary/aromatic N) is 2. The molecule has 1 saturated heterocycles. The van der Waals surface area contributed by atoms with Gasteiger partial charge in [-0.1, -0.05) is 6.42 Å². The van der Waals surface area contributed by atoms with Crippen molar-refractivity contribution < 1.29 is 9.59 Å². The molecule has 2 heterocycles. The molecule has 1 aromatic rings. The summed E-state index contributed by atoms with van der Waals surface area (Å²) in [6, 6.07) is 0.0182. The third kappa shape index (κ3) is 3.36. The Morgan fingerprint density at radius 1 is 1.67 bits per heavy atom. The fourth-order valence-electron chi connectivity index (χ4n) is 2.16. The minimum Gasteiger partial charge on any atom is -0.302 e. The van der Waals surface area contributed by atoms with E-state index in [-0.39, 0.29) is 11.9 Å². The predicted molar refractivity (Wildman–Crippen MR) is 70.5 cm³/mol. The van der Waals surface area contributed by atoms with Crippen LogP contribution < -0.4 is 5.32 Å². The number of anilines is 1. The molecule has 1 unspecified atom stereocenters. The molecule has 0 aliphatic carbocycles. The van der Waals surface area contributed by atoms with Gasteiger partial charge in [0, 0.05) is 18.8 Å². The fraction of sp³-hybridized carbons (Fsp3) is 0.583. The Balaban J connectivity index is 1.97. The van der Waals surface area contributed by atoms with Gasteiger partial charge >= 0.3 is 0 Å². The molecule has 1 aliphatic heterocycles. The summed E-state index contributed by atoms with van der Waals surface area (Å²) < 4.78 is 0. The lowest BCUT2D eigenvalue weighted by atomic mass is 10.0. The Hall–Kier alpha value is -1.27. The van der Waals surface area contributed by atoms with Crippen molar-refractivity contribution in [2.75, 3.05) is 11.9 Å². The quantitative estimate of drug-likeness (QED) is 0.843. The van der Waals surface area contributed by atoms with Gasteiger partial charge in [-0.15, -0.1) is 11.3 Å². The van der Waals surface area contributed by atoms with Gasteiger partial charge < -0.3 is 10.1 Å². The topological polar surface area (TPSA) is 62.3 Å². The van der Waals surface area contributed by atoms with Crippen molar-refractivity contribution in [2.45, 2.75) is 38.8 Å². The van der Waals surface area contributed by atoms with Gasteiger partial charge in [-0.3, -0.25) is 9.69 Å². The summed E-state index contributed by atoms with van der Waals surface area (Å²) in [5.74, 6) is -0.111. The van der Waals surface area contributed by atoms with E-state index < -0.39 is 0 Å². The van der Waals surface area contributed by atoms with Crippen LogP contribution in [-0.4, -0.2) is 34.7 Å². The first-order chi connectivity index (χ1) is 8.69. The van der Waals surface area contributed by atoms with Crippen molar-refractivity contribution in [3.05, 3.63) is 11.1 Å². The highest BCUT2D eigenvalue weighted by molar-refractivity contribution is 7.13. The number of thiazole rings is 1. The average Bonchev–Trinajstić information content (AvgIpc) is 2.76. The zero-order valence-corrected chi connectivity index (χ0v) is 11.2. The van der Waals surface area contributed by atoms with Gasteiger partial charge in [-0.05, 0) is 19.4 Å². The molecule has 0 spiro atoms. The SMILES string of the molecule is CC(=O)Nc1nc(CN2CCCCC2C=O)cs1. The Kier molecular flexibility index (Phi) is 4.43. The lowest BCUT2D eigenvalue weighted by Crippen LogP contribution is -2.39. The molecule has 1 atom stereocenters. The van der Waals surface area contributed by atoms with Gasteiger partial charge in [-0.2, -0.15) is 0 Å². The first kappa shape index (κ1) is 13.2. The van der Waals surface area contributed by atoms with Crippen LogP contribution in [0.25, 0.3) is 0 Å². The fourth-order valence-corrected chi connectivity index (χ4v) is 2.91. The molecule has 18 heavy (non-hydrogen) atoms. The smallest absolute Gasteiger partial charge is 0.223 e. The lowest BCUT2D eigenvalue weighted by Gasteiger charge is -2.31. The predicted octanol–water partition coefficient (Wildman–Crippen LogP) is 1.65. The minimum atomic E-state index is -0.111. The second-order valence-electron chi connectivity index (χ2n) is 4.49. The highest BCUT2D eigenvalue weighted by Gasteiger charge is 2.22. The van der Waals surface area contributed by atoms with Crippen molar-refractivity contribution in [3.8, 4) is 0 Å². The maximum absolute atomic E-state index is 11.0. The van der Waals surface area contributed by atoms with Gasteiger partial charge in [0.05, 0.1) is 11.7 Å². The first-order valence-corrected chi connectivity index (χ1v) is 6.98. The summed E-state index contributed by atoms with van der Waals surface area (Å²) in [7, 11) is 0. The Morgan fingerprint density at radius 3 is 3.22 bits per heavy atom. The van der Waals surface area contributed by atoms with Crippen molar-refractivity contribution in [3.63, 3.8) is 0 Å². The molecule has 0 saturated carbocycles. The molecule has 1 fully saturated rings. The monoisotopic (exact) mass is 267 g/mol. The number of aromatic nitrogens is 1. The van der Waals surface area contributed by atoms with Crippen LogP contribution in [0, 0.1) is 0 Å². The first-order valence-electron chi connectivity index (χ1n) is 6.10. The number of hydrogen-bond donors (Lipinski definition) is 1. The highest BCUT2D eigenvalue weighted by Crippen LogP contribution is 2.21. The number of carbonyl (C=O) groups excluding carboxylic acids is 2. The van der Waals surface area contributed by atoms with E-state index >= 15 is 0 Å². The number of hydrogen-bond acceptors (Lipinski definition) is 5. The molecular weight excluding hydrogens is 250 g/mol. The van der Waals surface area contributed by atoms with Crippen LogP contribution >= 0.6 is 11.3 Å². The average molecular weight is 267 g/mol. The van der Waals surface area contributed by atoms with E-state index in [0.717, 1.165) is 37.8 Å². The molecule has 1 aliphatic rings. The molecule has 1 aromatic heterocycles. The zero-order chi connectivity index (χ0) is 13.0. The van der Waals surface area contributed by atoms with Gasteiger partial charge in [0.15, 0.2) is 5.13 Å². The number of aldehydes is 1. The second kappa shape index (κ2) is 6.06. The Bertz CT molecular complexity index is 433. The number of rotatable bonds is 4. The van der Waals surface area contributed by atoms with Gasteiger partial charge in [-0.25, -0.2) is 4.98 Å². The molecule has 0 radical (unpaired) electrons. The van der Waals surface area contributed by atoms with Crippen molar-refractivity contribution in [1.82, 2.24) is 9.88 Å². The Morgan fingerprint density at radius 2 is 2.50 bits per heavy atom. The number of nitrogens with one attached hydrogen (secondary N) is 1. The molecule has 0 aromatic carbocycles. The van der Waals surface area contributed by atoms with E-state index in [1.807, 2.05) is 5.38 Å². The van der Waals surface area contributed by atoms with Crippen LogP contribution in [0.2, 0.25) is 0 Å². The van der Waals surface area contributed by atoms with E-state index in [4.69, 9.17) is 0 Å². The van der Waals surface area contributed by atoms with Crippen LogP contribution in [0.3, 0.4) is 0 Å². The lowest BCUT2D eigenvalue weighted by molar-refractivity contribution is -0.114. The summed E-state index contributed by atoms with van der Waals surface area (Å²) in [6.07, 6.45) is 4.22. The maximum Gasteiger partial charge on any atom is 0.223 e. The second-order valence-corrected chi connectivity index (χ2v) is 5.35. The number of piperidine rings is 1. The van der Waals surface area contributed by atoms with Crippen molar-refractivity contribution >= 4 is 28.7 Å². The molecule has 1 N–H and O–H groups in total. The molecule has 5 nitrogen and oxygen atoms in total. The minimum absolute atomic E-state index is 0.0182. The largest absolute Gasteiger partial charge is 0.302 e. The van der Waals surface area contributed by atoms with Crippen LogP contribution in [0.15, 0.2) is 5.38 Å².